The van der Waals surface area contributed by atoms with Gasteiger partial charge in [-0.2, -0.15) is 0 Å². The van der Waals surface area contributed by atoms with Crippen LogP contribution in [0.5, 0.6) is 5.75 Å². The van der Waals surface area contributed by atoms with E-state index in [0.717, 1.165) is 74.3 Å². The number of nitrogens with zero attached hydrogens (tertiary/aromatic N) is 2. The number of guanidine groups is 1. The number of hydrogen-bond acceptors (Lipinski definition) is 5. The Kier molecular flexibility index (Phi) is 9.83. The molecule has 0 spiro atoms. The number of para-hydroxylation sites is 1. The number of hydrogen-bond donors (Lipinski definition) is 2. The Morgan fingerprint density at radius 3 is 2.55 bits per heavy atom. The van der Waals surface area contributed by atoms with Crippen molar-refractivity contribution >= 4 is 40.9 Å². The number of ether oxygens (including phenoxy) is 2. The molecule has 7 nitrogen and oxygen atoms in total. The van der Waals surface area contributed by atoms with Crippen LogP contribution >= 0.6 is 24.0 Å². The van der Waals surface area contributed by atoms with Crippen molar-refractivity contribution in [3.05, 3.63) is 65.9 Å². The molecule has 0 amide bonds. The number of nitrogens with one attached hydrogen (secondary N) is 2. The number of halogens is 1. The van der Waals surface area contributed by atoms with Crippen LogP contribution in [0.2, 0.25) is 0 Å². The first-order valence-corrected chi connectivity index (χ1v) is 11.1. The molecular weight excluding hydrogens is 531 g/mol. The van der Waals surface area contributed by atoms with Crippen LogP contribution in [-0.4, -0.2) is 64.4 Å². The molecule has 0 bridgehead atoms. The highest BCUT2D eigenvalue weighted by molar-refractivity contribution is 14.0. The van der Waals surface area contributed by atoms with Crippen molar-refractivity contribution in [1.82, 2.24) is 15.5 Å². The lowest BCUT2D eigenvalue weighted by molar-refractivity contribution is 0.0170. The maximum absolute atomic E-state index is 5.91. The monoisotopic (exact) mass is 564 g/mol. The maximum Gasteiger partial charge on any atom is 0.191 e. The zero-order chi connectivity index (χ0) is 22.2. The molecule has 178 valence electrons. The highest BCUT2D eigenvalue weighted by atomic mass is 127. The first kappa shape index (κ1) is 25.3. The summed E-state index contributed by atoms with van der Waals surface area (Å²) in [6, 6.07) is 18.7. The van der Waals surface area contributed by atoms with Gasteiger partial charge in [-0.05, 0) is 29.8 Å². The van der Waals surface area contributed by atoms with E-state index in [2.05, 4.69) is 44.8 Å². The number of benzene rings is 2. The normalized spacial score (nSPS) is 15.6. The van der Waals surface area contributed by atoms with E-state index in [1.807, 2.05) is 30.3 Å². The van der Waals surface area contributed by atoms with Gasteiger partial charge in [-0.3, -0.25) is 9.89 Å². The van der Waals surface area contributed by atoms with Crippen LogP contribution in [0, 0.1) is 0 Å². The number of furan rings is 1. The van der Waals surface area contributed by atoms with Crippen LogP contribution in [0.25, 0.3) is 11.0 Å². The molecular formula is C25H33IN4O3. The summed E-state index contributed by atoms with van der Waals surface area (Å²) in [4.78, 5) is 6.86. The minimum absolute atomic E-state index is 0. The highest BCUT2D eigenvalue weighted by Crippen LogP contribution is 2.24. The number of rotatable bonds is 8. The fourth-order valence-electron chi connectivity index (χ4n) is 4.05. The average molecular weight is 564 g/mol. The standard InChI is InChI=1S/C25H32N4O3.HI/c1-26-25(27-12-11-22-17-20-5-3-4-6-24(20)32-22)28-18-23(29-13-15-31-16-14-29)19-7-9-21(30-2)10-8-19;/h3-10,17,23H,11-16,18H2,1-2H3,(H2,26,27,28);1H. The van der Waals surface area contributed by atoms with Crippen LogP contribution in [0.15, 0.2) is 64.0 Å². The van der Waals surface area contributed by atoms with Gasteiger partial charge in [-0.1, -0.05) is 30.3 Å². The molecule has 1 saturated heterocycles. The second kappa shape index (κ2) is 12.8. The molecule has 1 atom stereocenters. The largest absolute Gasteiger partial charge is 0.497 e. The summed E-state index contributed by atoms with van der Waals surface area (Å²) in [5, 5.41) is 8.04. The summed E-state index contributed by atoms with van der Waals surface area (Å²) >= 11 is 0. The predicted octanol–water partition coefficient (Wildman–Crippen LogP) is 3.84. The van der Waals surface area contributed by atoms with Gasteiger partial charge in [0, 0.05) is 45.0 Å². The molecule has 4 rings (SSSR count). The fourth-order valence-corrected chi connectivity index (χ4v) is 4.05. The zero-order valence-electron chi connectivity index (χ0n) is 19.3. The Morgan fingerprint density at radius 1 is 1.09 bits per heavy atom. The van der Waals surface area contributed by atoms with E-state index >= 15 is 0 Å². The van der Waals surface area contributed by atoms with Crippen LogP contribution in [0.3, 0.4) is 0 Å². The van der Waals surface area contributed by atoms with Crippen LogP contribution in [0.1, 0.15) is 17.4 Å². The van der Waals surface area contributed by atoms with E-state index in [9.17, 15) is 0 Å². The predicted molar refractivity (Wildman–Crippen MR) is 143 cm³/mol. The molecule has 1 aliphatic rings. The van der Waals surface area contributed by atoms with Crippen molar-refractivity contribution in [3.63, 3.8) is 0 Å². The molecule has 3 aromatic rings. The van der Waals surface area contributed by atoms with E-state index in [0.29, 0.717) is 0 Å². The Morgan fingerprint density at radius 2 is 1.85 bits per heavy atom. The fraction of sp³-hybridized carbons (Fsp3) is 0.400. The van der Waals surface area contributed by atoms with Gasteiger partial charge in [0.25, 0.3) is 0 Å². The zero-order valence-corrected chi connectivity index (χ0v) is 21.6. The summed E-state index contributed by atoms with van der Waals surface area (Å²) < 4.78 is 16.8. The van der Waals surface area contributed by atoms with Gasteiger partial charge in [0.05, 0.1) is 26.4 Å². The Balaban J connectivity index is 0.00000306. The van der Waals surface area contributed by atoms with Gasteiger partial charge in [0.1, 0.15) is 17.1 Å². The lowest BCUT2D eigenvalue weighted by Gasteiger charge is -2.35. The summed E-state index contributed by atoms with van der Waals surface area (Å²) in [5.41, 5.74) is 2.18. The molecule has 0 radical (unpaired) electrons. The van der Waals surface area contributed by atoms with Gasteiger partial charge in [-0.25, -0.2) is 0 Å². The van der Waals surface area contributed by atoms with Crippen LogP contribution < -0.4 is 15.4 Å². The summed E-state index contributed by atoms with van der Waals surface area (Å²) in [5.74, 6) is 2.62. The van der Waals surface area contributed by atoms with E-state index in [1.54, 1.807) is 14.2 Å². The molecule has 1 aromatic heterocycles. The number of morpholine rings is 1. The Hall–Kier alpha value is -2.30. The lowest BCUT2D eigenvalue weighted by Crippen LogP contribution is -2.46. The molecule has 1 fully saturated rings. The lowest BCUT2D eigenvalue weighted by atomic mass is 10.0. The van der Waals surface area contributed by atoms with Crippen molar-refractivity contribution < 1.29 is 13.9 Å². The van der Waals surface area contributed by atoms with E-state index in [4.69, 9.17) is 13.9 Å². The summed E-state index contributed by atoms with van der Waals surface area (Å²) in [7, 11) is 3.49. The first-order valence-electron chi connectivity index (χ1n) is 11.1. The molecule has 8 heteroatoms. The van der Waals surface area contributed by atoms with Gasteiger partial charge < -0.3 is 24.5 Å². The minimum atomic E-state index is 0. The Labute approximate surface area is 212 Å². The SMILES string of the molecule is CN=C(NCCc1cc2ccccc2o1)NCC(c1ccc(OC)cc1)N1CCOCC1.I. The third kappa shape index (κ3) is 6.84. The quantitative estimate of drug-likeness (QED) is 0.246. The summed E-state index contributed by atoms with van der Waals surface area (Å²) in [6.07, 6.45) is 0.792. The molecule has 1 unspecified atom stereocenters. The van der Waals surface area contributed by atoms with Crippen LogP contribution in [0.4, 0.5) is 0 Å². The van der Waals surface area contributed by atoms with E-state index in [1.165, 1.54) is 5.56 Å². The third-order valence-corrected chi connectivity index (χ3v) is 5.81. The van der Waals surface area contributed by atoms with Crippen LogP contribution in [-0.2, 0) is 11.2 Å². The minimum Gasteiger partial charge on any atom is -0.497 e. The van der Waals surface area contributed by atoms with Crippen molar-refractivity contribution in [2.45, 2.75) is 12.5 Å². The molecule has 0 saturated carbocycles. The van der Waals surface area contributed by atoms with Gasteiger partial charge in [-0.15, -0.1) is 24.0 Å². The van der Waals surface area contributed by atoms with Crippen molar-refractivity contribution in [1.29, 1.82) is 0 Å². The van der Waals surface area contributed by atoms with Gasteiger partial charge in [0.2, 0.25) is 0 Å². The second-order valence-corrected chi connectivity index (χ2v) is 7.82. The average Bonchev–Trinajstić information content (AvgIpc) is 3.27. The second-order valence-electron chi connectivity index (χ2n) is 7.82. The molecule has 0 aliphatic carbocycles. The van der Waals surface area contributed by atoms with Gasteiger partial charge in [0.15, 0.2) is 5.96 Å². The van der Waals surface area contributed by atoms with E-state index in [-0.39, 0.29) is 30.0 Å². The molecule has 33 heavy (non-hydrogen) atoms. The number of fused-ring (bicyclic) bond motifs is 1. The van der Waals surface area contributed by atoms with Gasteiger partial charge >= 0.3 is 0 Å². The van der Waals surface area contributed by atoms with Crippen molar-refractivity contribution in [3.8, 4) is 5.75 Å². The smallest absolute Gasteiger partial charge is 0.191 e. The molecule has 2 N–H and O–H groups in total. The molecule has 2 heterocycles. The first-order chi connectivity index (χ1) is 15.8. The number of methoxy groups -OCH3 is 1. The molecule has 1 aliphatic heterocycles. The topological polar surface area (TPSA) is 71.3 Å². The highest BCUT2D eigenvalue weighted by Gasteiger charge is 2.23. The Bertz CT molecular complexity index is 983. The summed E-state index contributed by atoms with van der Waals surface area (Å²) in [6.45, 7) is 4.84. The number of aliphatic imine (C=N–C) groups is 1. The third-order valence-electron chi connectivity index (χ3n) is 5.81. The van der Waals surface area contributed by atoms with E-state index < -0.39 is 0 Å². The van der Waals surface area contributed by atoms with Crippen molar-refractivity contribution in [2.75, 3.05) is 53.6 Å². The maximum atomic E-state index is 5.91. The van der Waals surface area contributed by atoms with Crippen molar-refractivity contribution in [2.24, 2.45) is 4.99 Å². The molecule has 2 aromatic carbocycles.